The first-order valence-electron chi connectivity index (χ1n) is 12.3. The number of hydrogen-bond donors (Lipinski definition) is 1. The minimum atomic E-state index is -3.86. The lowest BCUT2D eigenvalue weighted by atomic mass is 9.95. The fourth-order valence-corrected chi connectivity index (χ4v) is 5.76. The SMILES string of the molecule is CCC(C(=O)NC1CCCCC1)N(Cc1ccc(Cl)cc1)C(=O)CN(c1ccc(Cl)c(Cl)c1)S(C)(=O)=O. The average Bonchev–Trinajstić information content (AvgIpc) is 2.85. The van der Waals surface area contributed by atoms with Crippen molar-refractivity contribution in [2.75, 3.05) is 17.1 Å². The standard InChI is InChI=1S/C26H32Cl3N3O4S/c1-3-24(26(34)30-20-7-5-4-6-8-20)31(16-18-9-11-19(27)12-10-18)25(33)17-32(37(2,35)36)21-13-14-22(28)23(29)15-21/h9-15,20,24H,3-8,16-17H2,1-2H3,(H,30,34). The molecule has 1 N–H and O–H groups in total. The van der Waals surface area contributed by atoms with Crippen LogP contribution in [0.1, 0.15) is 51.0 Å². The Labute approximate surface area is 234 Å². The number of benzene rings is 2. The van der Waals surface area contributed by atoms with E-state index in [4.69, 9.17) is 34.8 Å². The molecule has 1 atom stereocenters. The Bertz CT molecular complexity index is 1200. The van der Waals surface area contributed by atoms with Crippen LogP contribution in [0.15, 0.2) is 42.5 Å². The van der Waals surface area contributed by atoms with Crippen molar-refractivity contribution in [1.82, 2.24) is 10.2 Å². The Morgan fingerprint density at radius 2 is 1.65 bits per heavy atom. The van der Waals surface area contributed by atoms with Gasteiger partial charge in [0.25, 0.3) is 0 Å². The second-order valence-electron chi connectivity index (χ2n) is 9.28. The molecular weight excluding hydrogens is 557 g/mol. The van der Waals surface area contributed by atoms with E-state index < -0.39 is 28.5 Å². The summed E-state index contributed by atoms with van der Waals surface area (Å²) in [6.45, 7) is 1.45. The third kappa shape index (κ3) is 8.24. The molecule has 0 aliphatic heterocycles. The van der Waals surface area contributed by atoms with Crippen LogP contribution < -0.4 is 9.62 Å². The van der Waals surface area contributed by atoms with Crippen LogP contribution in [-0.4, -0.2) is 50.0 Å². The first-order chi connectivity index (χ1) is 17.5. The van der Waals surface area contributed by atoms with E-state index in [0.717, 1.165) is 48.2 Å². The minimum Gasteiger partial charge on any atom is -0.352 e. The zero-order valence-corrected chi connectivity index (χ0v) is 24.0. The molecular formula is C26H32Cl3N3O4S. The third-order valence-corrected chi connectivity index (χ3v) is 8.61. The van der Waals surface area contributed by atoms with Gasteiger partial charge in [0.2, 0.25) is 21.8 Å². The first-order valence-corrected chi connectivity index (χ1v) is 15.2. The van der Waals surface area contributed by atoms with Gasteiger partial charge < -0.3 is 10.2 Å². The lowest BCUT2D eigenvalue weighted by molar-refractivity contribution is -0.140. The zero-order valence-electron chi connectivity index (χ0n) is 20.9. The Kier molecular flexibility index (Phi) is 10.5. The highest BCUT2D eigenvalue weighted by molar-refractivity contribution is 7.92. The van der Waals surface area contributed by atoms with E-state index in [1.54, 1.807) is 24.3 Å². The fourth-order valence-electron chi connectivity index (χ4n) is 4.50. The van der Waals surface area contributed by atoms with Gasteiger partial charge in [-0.25, -0.2) is 8.42 Å². The van der Waals surface area contributed by atoms with Crippen molar-refractivity contribution in [3.05, 3.63) is 63.1 Å². The Hall–Kier alpha value is -2.00. The molecule has 0 heterocycles. The number of amides is 2. The van der Waals surface area contributed by atoms with Gasteiger partial charge in [-0.2, -0.15) is 0 Å². The average molecular weight is 589 g/mol. The quantitative estimate of drug-likeness (QED) is 0.388. The summed E-state index contributed by atoms with van der Waals surface area (Å²) in [5.74, 6) is -0.755. The third-order valence-electron chi connectivity index (χ3n) is 6.47. The van der Waals surface area contributed by atoms with Gasteiger partial charge in [-0.15, -0.1) is 0 Å². The van der Waals surface area contributed by atoms with Gasteiger partial charge >= 0.3 is 0 Å². The van der Waals surface area contributed by atoms with Crippen molar-refractivity contribution in [1.29, 1.82) is 0 Å². The maximum absolute atomic E-state index is 13.7. The zero-order chi connectivity index (χ0) is 27.2. The molecule has 2 aromatic rings. The Morgan fingerprint density at radius 3 is 2.22 bits per heavy atom. The number of nitrogens with zero attached hydrogens (tertiary/aromatic N) is 2. The highest BCUT2D eigenvalue weighted by Crippen LogP contribution is 2.29. The molecule has 2 aromatic carbocycles. The summed E-state index contributed by atoms with van der Waals surface area (Å²) in [5, 5.41) is 4.09. The van der Waals surface area contributed by atoms with Gasteiger partial charge in [-0.3, -0.25) is 13.9 Å². The van der Waals surface area contributed by atoms with Crippen LogP contribution >= 0.6 is 34.8 Å². The van der Waals surface area contributed by atoms with Crippen molar-refractivity contribution in [2.45, 2.75) is 64.1 Å². The molecule has 7 nitrogen and oxygen atoms in total. The monoisotopic (exact) mass is 587 g/mol. The number of sulfonamides is 1. The number of carbonyl (C=O) groups excluding carboxylic acids is 2. The van der Waals surface area contributed by atoms with Crippen LogP contribution in [0.3, 0.4) is 0 Å². The van der Waals surface area contributed by atoms with E-state index in [-0.39, 0.29) is 34.2 Å². The summed E-state index contributed by atoms with van der Waals surface area (Å²) in [5.41, 5.74) is 0.971. The van der Waals surface area contributed by atoms with Crippen LogP contribution in [0.4, 0.5) is 5.69 Å². The number of rotatable bonds is 10. The molecule has 202 valence electrons. The van der Waals surface area contributed by atoms with E-state index in [2.05, 4.69) is 5.32 Å². The second kappa shape index (κ2) is 13.2. The summed E-state index contributed by atoms with van der Waals surface area (Å²) in [6.07, 6.45) is 6.47. The highest BCUT2D eigenvalue weighted by atomic mass is 35.5. The lowest BCUT2D eigenvalue weighted by Crippen LogP contribution is -2.53. The highest BCUT2D eigenvalue weighted by Gasteiger charge is 2.33. The Morgan fingerprint density at radius 1 is 1.00 bits per heavy atom. The predicted octanol–water partition coefficient (Wildman–Crippen LogP) is 5.67. The molecule has 0 radical (unpaired) electrons. The van der Waals surface area contributed by atoms with E-state index in [1.807, 2.05) is 6.92 Å². The fraction of sp³-hybridized carbons (Fsp3) is 0.462. The van der Waals surface area contributed by atoms with E-state index in [0.29, 0.717) is 11.4 Å². The molecule has 0 saturated heterocycles. The largest absolute Gasteiger partial charge is 0.352 e. The van der Waals surface area contributed by atoms with Crippen LogP contribution in [0.25, 0.3) is 0 Å². The van der Waals surface area contributed by atoms with Crippen molar-refractivity contribution in [3.63, 3.8) is 0 Å². The molecule has 3 rings (SSSR count). The summed E-state index contributed by atoms with van der Waals surface area (Å²) in [4.78, 5) is 28.6. The summed E-state index contributed by atoms with van der Waals surface area (Å²) in [6, 6.07) is 10.6. The van der Waals surface area contributed by atoms with Crippen molar-refractivity contribution in [2.24, 2.45) is 0 Å². The van der Waals surface area contributed by atoms with Gasteiger partial charge in [-0.05, 0) is 55.2 Å². The van der Waals surface area contributed by atoms with Gasteiger partial charge in [-0.1, -0.05) is 73.1 Å². The molecule has 1 saturated carbocycles. The lowest BCUT2D eigenvalue weighted by Gasteiger charge is -2.34. The molecule has 0 spiro atoms. The molecule has 1 unspecified atom stereocenters. The summed E-state index contributed by atoms with van der Waals surface area (Å²) >= 11 is 18.2. The minimum absolute atomic E-state index is 0.0755. The number of hydrogen-bond acceptors (Lipinski definition) is 4. The Balaban J connectivity index is 1.92. The van der Waals surface area contributed by atoms with Crippen molar-refractivity contribution in [3.8, 4) is 0 Å². The smallest absolute Gasteiger partial charge is 0.244 e. The molecule has 2 amide bonds. The normalized spacial score (nSPS) is 15.2. The van der Waals surface area contributed by atoms with Crippen LogP contribution in [0.5, 0.6) is 0 Å². The van der Waals surface area contributed by atoms with E-state index in [9.17, 15) is 18.0 Å². The topological polar surface area (TPSA) is 86.8 Å². The number of nitrogens with one attached hydrogen (secondary N) is 1. The number of halogens is 3. The van der Waals surface area contributed by atoms with Crippen LogP contribution in [0, 0.1) is 0 Å². The van der Waals surface area contributed by atoms with Crippen molar-refractivity contribution >= 4 is 62.3 Å². The maximum Gasteiger partial charge on any atom is 0.244 e. The number of anilines is 1. The van der Waals surface area contributed by atoms with Gasteiger partial charge in [0.05, 0.1) is 22.0 Å². The molecule has 1 fully saturated rings. The molecule has 0 aromatic heterocycles. The first kappa shape index (κ1) is 29.6. The molecule has 1 aliphatic carbocycles. The molecule has 1 aliphatic rings. The van der Waals surface area contributed by atoms with Gasteiger partial charge in [0.15, 0.2) is 0 Å². The van der Waals surface area contributed by atoms with Crippen LogP contribution in [-0.2, 0) is 26.2 Å². The van der Waals surface area contributed by atoms with E-state index in [1.165, 1.54) is 23.1 Å². The van der Waals surface area contributed by atoms with Crippen LogP contribution in [0.2, 0.25) is 15.1 Å². The van der Waals surface area contributed by atoms with E-state index >= 15 is 0 Å². The molecule has 0 bridgehead atoms. The molecule has 11 heteroatoms. The predicted molar refractivity (Wildman–Crippen MR) is 150 cm³/mol. The number of carbonyl (C=O) groups is 2. The summed E-state index contributed by atoms with van der Waals surface area (Å²) in [7, 11) is -3.86. The summed E-state index contributed by atoms with van der Waals surface area (Å²) < 4.78 is 26.4. The van der Waals surface area contributed by atoms with Gasteiger partial charge in [0.1, 0.15) is 12.6 Å². The van der Waals surface area contributed by atoms with Crippen molar-refractivity contribution < 1.29 is 18.0 Å². The maximum atomic E-state index is 13.7. The van der Waals surface area contributed by atoms with Gasteiger partial charge in [0, 0.05) is 17.6 Å². The molecule has 37 heavy (non-hydrogen) atoms. The second-order valence-corrected chi connectivity index (χ2v) is 12.4.